The molecule has 20 heavy (non-hydrogen) atoms. The Labute approximate surface area is 121 Å². The lowest BCUT2D eigenvalue weighted by atomic mass is 10.1. The minimum Gasteiger partial charge on any atom is -0.361 e. The molecule has 0 aromatic carbocycles. The predicted molar refractivity (Wildman–Crippen MR) is 79.1 cm³/mol. The number of sulfonamides is 1. The summed E-state index contributed by atoms with van der Waals surface area (Å²) in [6, 6.07) is -0.347. The lowest BCUT2D eigenvalue weighted by Gasteiger charge is -2.19. The molecule has 2 unspecified atom stereocenters. The third kappa shape index (κ3) is 4.29. The molecule has 0 saturated carbocycles. The summed E-state index contributed by atoms with van der Waals surface area (Å²) in [6.45, 7) is 10.4. The molecule has 0 bridgehead atoms. The van der Waals surface area contributed by atoms with Gasteiger partial charge in [-0.3, -0.25) is 0 Å². The summed E-state index contributed by atoms with van der Waals surface area (Å²) in [4.78, 5) is 0. The van der Waals surface area contributed by atoms with Gasteiger partial charge in [0.15, 0.2) is 0 Å². The highest BCUT2D eigenvalue weighted by Crippen LogP contribution is 2.22. The maximum atomic E-state index is 12.3. The van der Waals surface area contributed by atoms with Gasteiger partial charge in [-0.1, -0.05) is 12.1 Å². The number of aryl methyl sites for hydroxylation is 2. The van der Waals surface area contributed by atoms with Crippen LogP contribution >= 0.6 is 0 Å². The summed E-state index contributed by atoms with van der Waals surface area (Å²) >= 11 is 0. The average Bonchev–Trinajstić information content (AvgIpc) is 2.68. The van der Waals surface area contributed by atoms with Crippen LogP contribution in [-0.2, 0) is 10.0 Å². The molecule has 1 aromatic heterocycles. The van der Waals surface area contributed by atoms with Gasteiger partial charge >= 0.3 is 0 Å². The Balaban J connectivity index is 2.71. The molecule has 2 N–H and O–H groups in total. The largest absolute Gasteiger partial charge is 0.361 e. The standard InChI is InChI=1S/C13H25N3O3S/c1-6-7-14-8-9(2)20(17,18)16-11(4)13-10(3)15-19-12(13)5/h9,11,14,16H,6-8H2,1-5H3. The van der Waals surface area contributed by atoms with Gasteiger partial charge in [-0.25, -0.2) is 13.1 Å². The van der Waals surface area contributed by atoms with Gasteiger partial charge in [0.2, 0.25) is 10.0 Å². The third-order valence-corrected chi connectivity index (χ3v) is 5.16. The summed E-state index contributed by atoms with van der Waals surface area (Å²) in [5.41, 5.74) is 1.52. The monoisotopic (exact) mass is 303 g/mol. The van der Waals surface area contributed by atoms with Crippen LogP contribution in [0.3, 0.4) is 0 Å². The fourth-order valence-electron chi connectivity index (χ4n) is 2.12. The average molecular weight is 303 g/mol. The zero-order chi connectivity index (χ0) is 15.3. The van der Waals surface area contributed by atoms with Crippen LogP contribution in [0.1, 0.15) is 50.3 Å². The number of aromatic nitrogens is 1. The first-order valence-corrected chi connectivity index (χ1v) is 8.48. The zero-order valence-corrected chi connectivity index (χ0v) is 13.7. The van der Waals surface area contributed by atoms with Gasteiger partial charge in [0.25, 0.3) is 0 Å². The highest BCUT2D eigenvalue weighted by molar-refractivity contribution is 7.90. The number of nitrogens with one attached hydrogen (secondary N) is 2. The van der Waals surface area contributed by atoms with Crippen LogP contribution in [0, 0.1) is 13.8 Å². The maximum Gasteiger partial charge on any atom is 0.216 e. The highest BCUT2D eigenvalue weighted by atomic mass is 32.2. The van der Waals surface area contributed by atoms with Crippen LogP contribution in [0.4, 0.5) is 0 Å². The van der Waals surface area contributed by atoms with Gasteiger partial charge in [-0.05, 0) is 40.7 Å². The molecule has 0 aliphatic carbocycles. The molecule has 0 aliphatic rings. The molecule has 0 saturated heterocycles. The number of nitrogens with zero attached hydrogens (tertiary/aromatic N) is 1. The Morgan fingerprint density at radius 3 is 2.45 bits per heavy atom. The van der Waals surface area contributed by atoms with E-state index in [4.69, 9.17) is 4.52 Å². The fraction of sp³-hybridized carbons (Fsp3) is 0.769. The van der Waals surface area contributed by atoms with Crippen molar-refractivity contribution in [3.8, 4) is 0 Å². The normalized spacial score (nSPS) is 15.2. The molecule has 116 valence electrons. The Morgan fingerprint density at radius 1 is 1.30 bits per heavy atom. The Bertz CT molecular complexity index is 505. The van der Waals surface area contributed by atoms with Crippen molar-refractivity contribution in [3.05, 3.63) is 17.0 Å². The smallest absolute Gasteiger partial charge is 0.216 e. The molecule has 1 rings (SSSR count). The summed E-state index contributed by atoms with van der Waals surface area (Å²) in [7, 11) is -3.38. The Hall–Kier alpha value is -0.920. The number of hydrogen-bond donors (Lipinski definition) is 2. The van der Waals surface area contributed by atoms with Gasteiger partial charge in [0.1, 0.15) is 5.76 Å². The van der Waals surface area contributed by atoms with Crippen LogP contribution in [-0.4, -0.2) is 31.9 Å². The highest BCUT2D eigenvalue weighted by Gasteiger charge is 2.25. The Kier molecular flexibility index (Phi) is 6.16. The van der Waals surface area contributed by atoms with E-state index in [9.17, 15) is 8.42 Å². The number of hydrogen-bond acceptors (Lipinski definition) is 5. The topological polar surface area (TPSA) is 84.2 Å². The van der Waals surface area contributed by atoms with E-state index >= 15 is 0 Å². The molecule has 2 atom stereocenters. The van der Waals surface area contributed by atoms with E-state index in [2.05, 4.69) is 15.2 Å². The van der Waals surface area contributed by atoms with Gasteiger partial charge in [0.05, 0.1) is 10.9 Å². The van der Waals surface area contributed by atoms with Crippen molar-refractivity contribution in [1.82, 2.24) is 15.2 Å². The lowest BCUT2D eigenvalue weighted by Crippen LogP contribution is -2.40. The van der Waals surface area contributed by atoms with Crippen molar-refractivity contribution in [1.29, 1.82) is 0 Å². The molecule has 1 heterocycles. The van der Waals surface area contributed by atoms with E-state index in [1.165, 1.54) is 0 Å². The summed E-state index contributed by atoms with van der Waals surface area (Å²) in [6.07, 6.45) is 0.982. The lowest BCUT2D eigenvalue weighted by molar-refractivity contribution is 0.391. The van der Waals surface area contributed by atoms with Crippen LogP contribution in [0.25, 0.3) is 0 Å². The van der Waals surface area contributed by atoms with Crippen LogP contribution < -0.4 is 10.0 Å². The first-order chi connectivity index (χ1) is 9.29. The summed E-state index contributed by atoms with van der Waals surface area (Å²) in [5, 5.41) is 6.48. The molecule has 0 fully saturated rings. The van der Waals surface area contributed by atoms with Crippen molar-refractivity contribution < 1.29 is 12.9 Å². The van der Waals surface area contributed by atoms with Crippen molar-refractivity contribution in [2.75, 3.05) is 13.1 Å². The molecule has 7 heteroatoms. The first kappa shape index (κ1) is 17.1. The van der Waals surface area contributed by atoms with Gasteiger partial charge in [-0.15, -0.1) is 0 Å². The van der Waals surface area contributed by atoms with E-state index in [0.717, 1.165) is 24.2 Å². The van der Waals surface area contributed by atoms with E-state index in [-0.39, 0.29) is 6.04 Å². The van der Waals surface area contributed by atoms with Crippen molar-refractivity contribution in [2.45, 2.75) is 52.3 Å². The van der Waals surface area contributed by atoms with Crippen LogP contribution in [0.2, 0.25) is 0 Å². The SMILES string of the molecule is CCCNCC(C)S(=O)(=O)NC(C)c1c(C)noc1C. The van der Waals surface area contributed by atoms with Gasteiger partial charge in [-0.2, -0.15) is 0 Å². The van der Waals surface area contributed by atoms with Crippen LogP contribution in [0.15, 0.2) is 4.52 Å². The van der Waals surface area contributed by atoms with Gasteiger partial charge < -0.3 is 9.84 Å². The van der Waals surface area contributed by atoms with Gasteiger partial charge in [0, 0.05) is 18.2 Å². The molecule has 0 amide bonds. The second-order valence-electron chi connectivity index (χ2n) is 5.14. The second kappa shape index (κ2) is 7.19. The zero-order valence-electron chi connectivity index (χ0n) is 12.9. The van der Waals surface area contributed by atoms with E-state index < -0.39 is 15.3 Å². The predicted octanol–water partition coefficient (Wildman–Crippen LogP) is 1.66. The molecular weight excluding hydrogens is 278 g/mol. The van der Waals surface area contributed by atoms with Crippen molar-refractivity contribution >= 4 is 10.0 Å². The third-order valence-electron chi connectivity index (χ3n) is 3.25. The maximum absolute atomic E-state index is 12.3. The van der Waals surface area contributed by atoms with Crippen LogP contribution in [0.5, 0.6) is 0 Å². The molecule has 0 radical (unpaired) electrons. The molecule has 6 nitrogen and oxygen atoms in total. The van der Waals surface area contributed by atoms with E-state index in [1.54, 1.807) is 20.8 Å². The first-order valence-electron chi connectivity index (χ1n) is 6.94. The fourth-order valence-corrected chi connectivity index (χ4v) is 3.30. The summed E-state index contributed by atoms with van der Waals surface area (Å²) in [5.74, 6) is 0.648. The van der Waals surface area contributed by atoms with Crippen molar-refractivity contribution in [3.63, 3.8) is 0 Å². The second-order valence-corrected chi connectivity index (χ2v) is 7.27. The van der Waals surface area contributed by atoms with E-state index in [1.807, 2.05) is 13.8 Å². The minimum absolute atomic E-state index is 0.347. The number of rotatable bonds is 8. The quantitative estimate of drug-likeness (QED) is 0.714. The molecule has 0 aliphatic heterocycles. The Morgan fingerprint density at radius 2 is 1.95 bits per heavy atom. The minimum atomic E-state index is -3.38. The molecular formula is C13H25N3O3S. The molecule has 1 aromatic rings. The molecule has 0 spiro atoms. The van der Waals surface area contributed by atoms with E-state index in [0.29, 0.717) is 12.3 Å². The summed E-state index contributed by atoms with van der Waals surface area (Å²) < 4.78 is 32.3. The van der Waals surface area contributed by atoms with Crippen molar-refractivity contribution in [2.24, 2.45) is 0 Å².